The highest BCUT2D eigenvalue weighted by molar-refractivity contribution is 7.89. The number of nitrogens with one attached hydrogen (secondary N) is 1. The van der Waals surface area contributed by atoms with Gasteiger partial charge in [-0.1, -0.05) is 42.5 Å². The van der Waals surface area contributed by atoms with Crippen molar-refractivity contribution >= 4 is 38.1 Å². The van der Waals surface area contributed by atoms with Crippen LogP contribution in [0, 0.1) is 0 Å². The van der Waals surface area contributed by atoms with Gasteiger partial charge in [-0.25, -0.2) is 8.42 Å². The number of amides is 1. The molecule has 3 aromatic rings. The van der Waals surface area contributed by atoms with E-state index in [1.54, 1.807) is 54.6 Å². The zero-order chi connectivity index (χ0) is 20.8. The van der Waals surface area contributed by atoms with E-state index in [1.165, 1.54) is 20.2 Å². The highest BCUT2D eigenvalue weighted by atomic mass is 32.2. The number of anilines is 1. The van der Waals surface area contributed by atoms with Crippen LogP contribution in [0.25, 0.3) is 16.5 Å². The Morgan fingerprint density at radius 1 is 1.03 bits per heavy atom. The third-order valence-corrected chi connectivity index (χ3v) is 6.72. The molecule has 4 rings (SSSR count). The van der Waals surface area contributed by atoms with E-state index in [-0.39, 0.29) is 16.2 Å². The van der Waals surface area contributed by atoms with Crippen LogP contribution in [0.15, 0.2) is 71.3 Å². The highest BCUT2D eigenvalue weighted by Crippen LogP contribution is 2.39. The Labute approximate surface area is 167 Å². The van der Waals surface area contributed by atoms with E-state index in [1.807, 2.05) is 0 Å². The van der Waals surface area contributed by atoms with Gasteiger partial charge in [0.1, 0.15) is 10.6 Å². The minimum Gasteiger partial charge on any atom is -0.505 e. The SMILES string of the molecule is COc1ccccc1NC(=O)C1=C(O)c2ccc3ccccc3c2S(=O)(=O)N1C. The van der Waals surface area contributed by atoms with Crippen LogP contribution in [-0.4, -0.2) is 37.9 Å². The largest absolute Gasteiger partial charge is 0.505 e. The second kappa shape index (κ2) is 6.82. The van der Waals surface area contributed by atoms with E-state index in [0.29, 0.717) is 16.8 Å². The molecule has 0 fully saturated rings. The average molecular weight is 410 g/mol. The Hall–Kier alpha value is -3.52. The Balaban J connectivity index is 1.88. The number of rotatable bonds is 3. The summed E-state index contributed by atoms with van der Waals surface area (Å²) in [6.45, 7) is 0. The summed E-state index contributed by atoms with van der Waals surface area (Å²) in [5.74, 6) is -0.763. The summed E-state index contributed by atoms with van der Waals surface area (Å²) >= 11 is 0. The minimum absolute atomic E-state index is 0.0237. The number of sulfonamides is 1. The summed E-state index contributed by atoms with van der Waals surface area (Å²) in [5.41, 5.74) is 0.0843. The lowest BCUT2D eigenvalue weighted by Crippen LogP contribution is -2.37. The lowest BCUT2D eigenvalue weighted by molar-refractivity contribution is -0.113. The zero-order valence-electron chi connectivity index (χ0n) is 15.7. The summed E-state index contributed by atoms with van der Waals surface area (Å²) in [4.78, 5) is 12.9. The molecule has 29 heavy (non-hydrogen) atoms. The fourth-order valence-corrected chi connectivity index (χ4v) is 5.01. The monoisotopic (exact) mass is 410 g/mol. The quantitative estimate of drug-likeness (QED) is 0.690. The van der Waals surface area contributed by atoms with E-state index in [9.17, 15) is 18.3 Å². The molecule has 0 atom stereocenters. The van der Waals surface area contributed by atoms with Crippen molar-refractivity contribution in [3.63, 3.8) is 0 Å². The fraction of sp³-hybridized carbons (Fsp3) is 0.0952. The molecule has 1 heterocycles. The van der Waals surface area contributed by atoms with Gasteiger partial charge < -0.3 is 15.2 Å². The number of aliphatic hydroxyl groups is 1. The van der Waals surface area contributed by atoms with Gasteiger partial charge in [0, 0.05) is 18.0 Å². The van der Waals surface area contributed by atoms with Crippen LogP contribution in [0.3, 0.4) is 0 Å². The molecule has 2 N–H and O–H groups in total. The first kappa shape index (κ1) is 18.8. The third-order valence-electron chi connectivity index (χ3n) is 4.86. The smallest absolute Gasteiger partial charge is 0.276 e. The summed E-state index contributed by atoms with van der Waals surface area (Å²) in [6, 6.07) is 16.9. The van der Waals surface area contributed by atoms with Crippen LogP contribution < -0.4 is 10.1 Å². The van der Waals surface area contributed by atoms with Crippen LogP contribution in [0.5, 0.6) is 5.75 Å². The summed E-state index contributed by atoms with van der Waals surface area (Å²) in [6.07, 6.45) is 0. The third kappa shape index (κ3) is 2.89. The molecular weight excluding hydrogens is 392 g/mol. The number of hydrogen-bond acceptors (Lipinski definition) is 5. The Kier molecular flexibility index (Phi) is 4.43. The molecule has 1 amide bonds. The maximum absolute atomic E-state index is 13.2. The van der Waals surface area contributed by atoms with E-state index in [4.69, 9.17) is 4.74 Å². The molecule has 8 heteroatoms. The van der Waals surface area contributed by atoms with Gasteiger partial charge in [-0.3, -0.25) is 9.10 Å². The van der Waals surface area contributed by atoms with E-state index in [2.05, 4.69) is 5.32 Å². The first-order valence-corrected chi connectivity index (χ1v) is 10.2. The number of benzene rings is 3. The first-order chi connectivity index (χ1) is 13.9. The lowest BCUT2D eigenvalue weighted by atomic mass is 10.0. The molecule has 0 spiro atoms. The van der Waals surface area contributed by atoms with Gasteiger partial charge in [0.05, 0.1) is 12.8 Å². The second-order valence-electron chi connectivity index (χ2n) is 6.49. The number of para-hydroxylation sites is 2. The van der Waals surface area contributed by atoms with Gasteiger partial charge in [0.2, 0.25) is 0 Å². The second-order valence-corrected chi connectivity index (χ2v) is 8.39. The number of hydrogen-bond donors (Lipinski definition) is 2. The van der Waals surface area contributed by atoms with Crippen LogP contribution in [0.4, 0.5) is 5.69 Å². The Morgan fingerprint density at radius 2 is 1.72 bits per heavy atom. The molecule has 3 aromatic carbocycles. The van der Waals surface area contributed by atoms with E-state index in [0.717, 1.165) is 9.69 Å². The van der Waals surface area contributed by atoms with Gasteiger partial charge in [-0.15, -0.1) is 0 Å². The van der Waals surface area contributed by atoms with Gasteiger partial charge in [0.15, 0.2) is 11.5 Å². The molecule has 1 aliphatic heterocycles. The van der Waals surface area contributed by atoms with E-state index >= 15 is 0 Å². The molecule has 0 aliphatic carbocycles. The number of nitrogens with zero attached hydrogens (tertiary/aromatic N) is 1. The Morgan fingerprint density at radius 3 is 2.48 bits per heavy atom. The fourth-order valence-electron chi connectivity index (χ4n) is 3.42. The zero-order valence-corrected chi connectivity index (χ0v) is 16.5. The Bertz CT molecular complexity index is 1280. The van der Waals surface area contributed by atoms with Gasteiger partial charge in [-0.05, 0) is 23.6 Å². The van der Waals surface area contributed by atoms with Gasteiger partial charge in [-0.2, -0.15) is 0 Å². The standard InChI is InChI=1S/C21H18N2O5S/c1-23-18(21(25)22-16-9-5-6-10-17(16)28-2)19(24)15-12-11-13-7-3-4-8-14(13)20(15)29(23,26)27/h3-12,24H,1-2H3,(H,22,25). The minimum atomic E-state index is -4.06. The normalized spacial score (nSPS) is 15.2. The summed E-state index contributed by atoms with van der Waals surface area (Å²) in [5, 5.41) is 14.6. The molecule has 7 nitrogen and oxygen atoms in total. The van der Waals surface area contributed by atoms with Crippen molar-refractivity contribution in [2.24, 2.45) is 0 Å². The average Bonchev–Trinajstić information content (AvgIpc) is 2.72. The number of carbonyl (C=O) groups is 1. The maximum Gasteiger partial charge on any atom is 0.276 e. The molecule has 1 aliphatic rings. The van der Waals surface area contributed by atoms with Crippen molar-refractivity contribution in [3.05, 3.63) is 71.9 Å². The lowest BCUT2D eigenvalue weighted by Gasteiger charge is -2.29. The maximum atomic E-state index is 13.2. The van der Waals surface area contributed by atoms with Crippen molar-refractivity contribution < 1.29 is 23.1 Å². The van der Waals surface area contributed by atoms with Crippen molar-refractivity contribution in [1.82, 2.24) is 4.31 Å². The molecule has 0 saturated heterocycles. The predicted octanol–water partition coefficient (Wildman–Crippen LogP) is 3.35. The van der Waals surface area contributed by atoms with Crippen LogP contribution in [-0.2, 0) is 14.8 Å². The molecule has 0 radical (unpaired) electrons. The first-order valence-electron chi connectivity index (χ1n) is 8.75. The topological polar surface area (TPSA) is 95.9 Å². The predicted molar refractivity (Wildman–Crippen MR) is 110 cm³/mol. The number of aliphatic hydroxyl groups excluding tert-OH is 1. The van der Waals surface area contributed by atoms with Gasteiger partial charge >= 0.3 is 0 Å². The number of carbonyl (C=O) groups excluding carboxylic acids is 1. The number of ether oxygens (including phenoxy) is 1. The van der Waals surface area contributed by atoms with Crippen molar-refractivity contribution in [2.45, 2.75) is 4.90 Å². The van der Waals surface area contributed by atoms with E-state index < -0.39 is 21.7 Å². The van der Waals surface area contributed by atoms with Crippen LogP contribution >= 0.6 is 0 Å². The molecule has 0 aromatic heterocycles. The number of likely N-dealkylation sites (N-methyl/N-ethyl adjacent to an activating group) is 1. The van der Waals surface area contributed by atoms with Gasteiger partial charge in [0.25, 0.3) is 15.9 Å². The number of methoxy groups -OCH3 is 1. The van der Waals surface area contributed by atoms with Crippen LogP contribution in [0.1, 0.15) is 5.56 Å². The summed E-state index contributed by atoms with van der Waals surface area (Å²) in [7, 11) is -1.36. The van der Waals surface area contributed by atoms with Crippen LogP contribution in [0.2, 0.25) is 0 Å². The summed E-state index contributed by atoms with van der Waals surface area (Å²) < 4.78 is 32.5. The molecular formula is C21H18N2O5S. The molecule has 148 valence electrons. The van der Waals surface area contributed by atoms with Crippen molar-refractivity contribution in [2.75, 3.05) is 19.5 Å². The number of fused-ring (bicyclic) bond motifs is 3. The molecule has 0 bridgehead atoms. The van der Waals surface area contributed by atoms with Crippen molar-refractivity contribution in [1.29, 1.82) is 0 Å². The molecule has 0 saturated carbocycles. The van der Waals surface area contributed by atoms with Crippen molar-refractivity contribution in [3.8, 4) is 5.75 Å². The highest BCUT2D eigenvalue weighted by Gasteiger charge is 2.39. The molecule has 0 unspecified atom stereocenters.